The molecule has 0 radical (unpaired) electrons. The van der Waals surface area contributed by atoms with Crippen LogP contribution in [0.25, 0.3) is 16.8 Å². The van der Waals surface area contributed by atoms with Gasteiger partial charge in [0.05, 0.1) is 22.8 Å². The molecule has 8 heteroatoms. The second-order valence-corrected chi connectivity index (χ2v) is 8.63. The molecule has 0 bridgehead atoms. The maximum atomic E-state index is 12.4. The van der Waals surface area contributed by atoms with E-state index in [4.69, 9.17) is 4.74 Å². The van der Waals surface area contributed by atoms with E-state index in [0.29, 0.717) is 16.9 Å². The minimum Gasteiger partial charge on any atom is -0.454 e. The van der Waals surface area contributed by atoms with E-state index in [1.54, 1.807) is 23.7 Å². The molecule has 1 aromatic heterocycles. The molecule has 0 saturated carbocycles. The zero-order valence-electron chi connectivity index (χ0n) is 20.9. The summed E-state index contributed by atoms with van der Waals surface area (Å²) in [7, 11) is 0. The van der Waals surface area contributed by atoms with Crippen molar-refractivity contribution >= 4 is 23.5 Å². The number of nitrogens with zero attached hydrogens (tertiary/aromatic N) is 2. The standard InChI is InChI=1S/C29H28N4O4/c1-19-9-15-25(16-10-19)33-21(3)28(20(2)32-33)31-26(34)18-37-27(35)17-30-29(36)24-13-11-23(12-14-24)22-7-5-4-6-8-22/h4-16H,17-18H2,1-3H3,(H,30,36)(H,31,34). The lowest BCUT2D eigenvalue weighted by molar-refractivity contribution is -0.146. The number of carbonyl (C=O) groups excluding carboxylic acids is 3. The summed E-state index contributed by atoms with van der Waals surface area (Å²) in [6.45, 7) is 4.82. The van der Waals surface area contributed by atoms with Crippen LogP contribution >= 0.6 is 0 Å². The van der Waals surface area contributed by atoms with Crippen LogP contribution in [0.15, 0.2) is 78.9 Å². The van der Waals surface area contributed by atoms with E-state index >= 15 is 0 Å². The zero-order valence-corrected chi connectivity index (χ0v) is 20.9. The summed E-state index contributed by atoms with van der Waals surface area (Å²) in [5.74, 6) is -1.62. The number of benzene rings is 3. The van der Waals surface area contributed by atoms with Gasteiger partial charge in [0.25, 0.3) is 11.8 Å². The van der Waals surface area contributed by atoms with Crippen molar-refractivity contribution < 1.29 is 19.1 Å². The predicted molar refractivity (Wildman–Crippen MR) is 142 cm³/mol. The van der Waals surface area contributed by atoms with Crippen molar-refractivity contribution in [1.82, 2.24) is 15.1 Å². The number of amides is 2. The van der Waals surface area contributed by atoms with Gasteiger partial charge >= 0.3 is 5.97 Å². The van der Waals surface area contributed by atoms with E-state index in [-0.39, 0.29) is 6.54 Å². The van der Waals surface area contributed by atoms with Gasteiger partial charge in [0.15, 0.2) is 6.61 Å². The number of anilines is 1. The van der Waals surface area contributed by atoms with Crippen molar-refractivity contribution in [2.24, 2.45) is 0 Å². The predicted octanol–water partition coefficient (Wildman–Crippen LogP) is 4.38. The quantitative estimate of drug-likeness (QED) is 0.353. The summed E-state index contributed by atoms with van der Waals surface area (Å²) >= 11 is 0. The summed E-state index contributed by atoms with van der Waals surface area (Å²) < 4.78 is 6.78. The molecule has 0 aliphatic carbocycles. The third-order valence-electron chi connectivity index (χ3n) is 5.85. The molecule has 0 unspecified atom stereocenters. The molecular weight excluding hydrogens is 468 g/mol. The van der Waals surface area contributed by atoms with E-state index in [0.717, 1.165) is 28.1 Å². The first-order valence-corrected chi connectivity index (χ1v) is 11.8. The third kappa shape index (κ3) is 6.29. The Morgan fingerprint density at radius 1 is 0.838 bits per heavy atom. The number of esters is 1. The summed E-state index contributed by atoms with van der Waals surface area (Å²) in [5, 5.41) is 9.78. The van der Waals surface area contributed by atoms with Gasteiger partial charge in [0.1, 0.15) is 6.54 Å². The first kappa shape index (κ1) is 25.4. The van der Waals surface area contributed by atoms with Crippen LogP contribution in [0.3, 0.4) is 0 Å². The number of rotatable bonds is 8. The number of hydrogen-bond donors (Lipinski definition) is 2. The van der Waals surface area contributed by atoms with Crippen LogP contribution in [-0.2, 0) is 14.3 Å². The summed E-state index contributed by atoms with van der Waals surface area (Å²) in [4.78, 5) is 36.9. The number of hydrogen-bond acceptors (Lipinski definition) is 5. The second-order valence-electron chi connectivity index (χ2n) is 8.63. The van der Waals surface area contributed by atoms with Crippen molar-refractivity contribution in [3.8, 4) is 16.8 Å². The SMILES string of the molecule is Cc1ccc(-n2nc(C)c(NC(=O)COC(=O)CNC(=O)c3ccc(-c4ccccc4)cc3)c2C)cc1. The molecule has 3 aromatic carbocycles. The summed E-state index contributed by atoms with van der Waals surface area (Å²) in [6.07, 6.45) is 0. The first-order chi connectivity index (χ1) is 17.8. The van der Waals surface area contributed by atoms with Crippen LogP contribution in [0.5, 0.6) is 0 Å². The molecule has 0 spiro atoms. The van der Waals surface area contributed by atoms with Crippen LogP contribution in [0.2, 0.25) is 0 Å². The lowest BCUT2D eigenvalue weighted by Crippen LogP contribution is -2.32. The third-order valence-corrected chi connectivity index (χ3v) is 5.85. The molecule has 0 atom stereocenters. The van der Waals surface area contributed by atoms with Crippen LogP contribution in [-0.4, -0.2) is 40.7 Å². The molecule has 37 heavy (non-hydrogen) atoms. The maximum Gasteiger partial charge on any atom is 0.325 e. The Morgan fingerprint density at radius 2 is 1.49 bits per heavy atom. The lowest BCUT2D eigenvalue weighted by Gasteiger charge is -2.09. The fourth-order valence-corrected chi connectivity index (χ4v) is 3.83. The van der Waals surface area contributed by atoms with Gasteiger partial charge in [-0.15, -0.1) is 0 Å². The van der Waals surface area contributed by atoms with E-state index in [1.165, 1.54) is 0 Å². The molecule has 0 aliphatic heterocycles. The normalized spacial score (nSPS) is 10.6. The highest BCUT2D eigenvalue weighted by Crippen LogP contribution is 2.23. The molecule has 0 fully saturated rings. The molecule has 0 aliphatic rings. The monoisotopic (exact) mass is 496 g/mol. The Bertz CT molecular complexity index is 1410. The number of nitrogens with one attached hydrogen (secondary N) is 2. The molecule has 188 valence electrons. The van der Waals surface area contributed by atoms with Crippen molar-refractivity contribution in [2.75, 3.05) is 18.5 Å². The van der Waals surface area contributed by atoms with Crippen LogP contribution in [0, 0.1) is 20.8 Å². The number of carbonyl (C=O) groups is 3. The molecule has 8 nitrogen and oxygen atoms in total. The summed E-state index contributed by atoms with van der Waals surface area (Å²) in [5.41, 5.74) is 6.42. The van der Waals surface area contributed by atoms with Gasteiger partial charge in [0.2, 0.25) is 0 Å². The average molecular weight is 497 g/mol. The van der Waals surface area contributed by atoms with Crippen molar-refractivity contribution in [1.29, 1.82) is 0 Å². The Labute approximate surface area is 215 Å². The van der Waals surface area contributed by atoms with Gasteiger partial charge in [-0.05, 0) is 56.2 Å². The largest absolute Gasteiger partial charge is 0.454 e. The molecule has 2 amide bonds. The van der Waals surface area contributed by atoms with Crippen molar-refractivity contribution in [3.05, 3.63) is 101 Å². The first-order valence-electron chi connectivity index (χ1n) is 11.8. The smallest absolute Gasteiger partial charge is 0.325 e. The fourth-order valence-electron chi connectivity index (χ4n) is 3.83. The molecule has 0 saturated heterocycles. The van der Waals surface area contributed by atoms with E-state index in [2.05, 4.69) is 15.7 Å². The Kier molecular flexibility index (Phi) is 7.78. The molecule has 4 rings (SSSR count). The zero-order chi connectivity index (χ0) is 26.4. The number of ether oxygens (including phenoxy) is 1. The molecule has 1 heterocycles. The minimum atomic E-state index is -0.715. The Balaban J connectivity index is 1.26. The van der Waals surface area contributed by atoms with Gasteiger partial charge in [0, 0.05) is 5.56 Å². The molecular formula is C29H28N4O4. The van der Waals surface area contributed by atoms with Gasteiger partial charge in [-0.1, -0.05) is 60.2 Å². The highest BCUT2D eigenvalue weighted by Gasteiger charge is 2.17. The second kappa shape index (κ2) is 11.3. The number of aryl methyl sites for hydroxylation is 2. The highest BCUT2D eigenvalue weighted by molar-refractivity contribution is 5.97. The van der Waals surface area contributed by atoms with Gasteiger partial charge in [-0.2, -0.15) is 5.10 Å². The van der Waals surface area contributed by atoms with Gasteiger partial charge in [-0.3, -0.25) is 14.4 Å². The van der Waals surface area contributed by atoms with Crippen LogP contribution in [0.4, 0.5) is 5.69 Å². The Hall–Kier alpha value is -4.72. The van der Waals surface area contributed by atoms with E-state index < -0.39 is 24.4 Å². The highest BCUT2D eigenvalue weighted by atomic mass is 16.5. The van der Waals surface area contributed by atoms with E-state index in [1.807, 2.05) is 80.6 Å². The fraction of sp³-hybridized carbons (Fsp3) is 0.172. The van der Waals surface area contributed by atoms with Gasteiger partial charge < -0.3 is 15.4 Å². The van der Waals surface area contributed by atoms with Crippen LogP contribution < -0.4 is 10.6 Å². The molecule has 2 N–H and O–H groups in total. The summed E-state index contributed by atoms with van der Waals surface area (Å²) in [6, 6.07) is 24.8. The minimum absolute atomic E-state index is 0.351. The topological polar surface area (TPSA) is 102 Å². The number of aromatic nitrogens is 2. The molecule has 4 aromatic rings. The maximum absolute atomic E-state index is 12.4. The van der Waals surface area contributed by atoms with Crippen molar-refractivity contribution in [3.63, 3.8) is 0 Å². The van der Waals surface area contributed by atoms with Crippen LogP contribution in [0.1, 0.15) is 27.3 Å². The Morgan fingerprint density at radius 3 is 2.16 bits per heavy atom. The van der Waals surface area contributed by atoms with E-state index in [9.17, 15) is 14.4 Å². The average Bonchev–Trinajstić information content (AvgIpc) is 3.20. The van der Waals surface area contributed by atoms with Gasteiger partial charge in [-0.25, -0.2) is 4.68 Å². The lowest BCUT2D eigenvalue weighted by atomic mass is 10.0. The van der Waals surface area contributed by atoms with Crippen molar-refractivity contribution in [2.45, 2.75) is 20.8 Å².